The molecule has 0 spiro atoms. The first-order chi connectivity index (χ1) is 10.2. The molecular formula is C16H12FN3O. The molecule has 0 saturated heterocycles. The van der Waals surface area contributed by atoms with Gasteiger partial charge >= 0.3 is 0 Å². The summed E-state index contributed by atoms with van der Waals surface area (Å²) in [6, 6.07) is 13.7. The first kappa shape index (κ1) is 13.2. The Balaban J connectivity index is 2.24. The lowest BCUT2D eigenvalue weighted by Gasteiger charge is -2.08. The van der Waals surface area contributed by atoms with Crippen molar-refractivity contribution in [2.45, 2.75) is 6.92 Å². The maximum absolute atomic E-state index is 13.5. The van der Waals surface area contributed by atoms with Crippen molar-refractivity contribution in [3.05, 3.63) is 65.6 Å². The number of carbonyl (C=O) groups is 1. The lowest BCUT2D eigenvalue weighted by atomic mass is 10.1. The largest absolute Gasteiger partial charge is 0.296 e. The molecule has 1 heterocycles. The quantitative estimate of drug-likeness (QED) is 0.693. The third-order valence-corrected chi connectivity index (χ3v) is 3.15. The van der Waals surface area contributed by atoms with Crippen LogP contribution in [0.3, 0.4) is 0 Å². The van der Waals surface area contributed by atoms with E-state index in [1.54, 1.807) is 16.8 Å². The number of aromatic nitrogens is 3. The molecule has 0 radical (unpaired) electrons. The van der Waals surface area contributed by atoms with Crippen LogP contribution in [0.4, 0.5) is 4.39 Å². The minimum Gasteiger partial charge on any atom is -0.296 e. The van der Waals surface area contributed by atoms with Gasteiger partial charge in [0, 0.05) is 5.56 Å². The van der Waals surface area contributed by atoms with Crippen molar-refractivity contribution < 1.29 is 9.18 Å². The number of hydrogen-bond acceptors (Lipinski definition) is 3. The van der Waals surface area contributed by atoms with Gasteiger partial charge in [-0.3, -0.25) is 4.79 Å². The molecule has 4 nitrogen and oxygen atoms in total. The summed E-state index contributed by atoms with van der Waals surface area (Å²) in [5.41, 5.74) is 3.05. The molecule has 0 aliphatic rings. The van der Waals surface area contributed by atoms with Crippen LogP contribution in [0.2, 0.25) is 0 Å². The lowest BCUT2D eigenvalue weighted by Crippen LogP contribution is -2.00. The second-order valence-corrected chi connectivity index (χ2v) is 4.70. The van der Waals surface area contributed by atoms with Crippen LogP contribution < -0.4 is 0 Å². The standard InChI is InChI=1S/C16H12FN3O/c1-11-4-2-7-14(8-11)20-16(15(10-21)18-19-20)12-5-3-6-13(17)9-12/h2-10H,1H3. The van der Waals surface area contributed by atoms with Crippen molar-refractivity contribution in [3.63, 3.8) is 0 Å². The van der Waals surface area contributed by atoms with Gasteiger partial charge < -0.3 is 0 Å². The summed E-state index contributed by atoms with van der Waals surface area (Å²) < 4.78 is 15.0. The van der Waals surface area contributed by atoms with E-state index in [0.29, 0.717) is 17.5 Å². The maximum Gasteiger partial charge on any atom is 0.172 e. The number of aryl methyl sites for hydroxylation is 1. The number of benzene rings is 2. The van der Waals surface area contributed by atoms with Crippen LogP contribution in [0.1, 0.15) is 16.1 Å². The number of rotatable bonds is 3. The second-order valence-electron chi connectivity index (χ2n) is 4.70. The van der Waals surface area contributed by atoms with Crippen LogP contribution in [0.25, 0.3) is 16.9 Å². The summed E-state index contributed by atoms with van der Waals surface area (Å²) in [4.78, 5) is 11.2. The Hall–Kier alpha value is -2.82. The van der Waals surface area contributed by atoms with Gasteiger partial charge in [0.25, 0.3) is 0 Å². The SMILES string of the molecule is Cc1cccc(-n2nnc(C=O)c2-c2cccc(F)c2)c1. The molecule has 0 saturated carbocycles. The zero-order chi connectivity index (χ0) is 14.8. The second kappa shape index (κ2) is 5.28. The molecular weight excluding hydrogens is 269 g/mol. The fraction of sp³-hybridized carbons (Fsp3) is 0.0625. The van der Waals surface area contributed by atoms with Gasteiger partial charge in [-0.1, -0.05) is 29.5 Å². The molecule has 0 fully saturated rings. The first-order valence-electron chi connectivity index (χ1n) is 6.43. The lowest BCUT2D eigenvalue weighted by molar-refractivity contribution is 0.111. The third-order valence-electron chi connectivity index (χ3n) is 3.15. The van der Waals surface area contributed by atoms with Crippen molar-refractivity contribution in [2.75, 3.05) is 0 Å². The number of aldehydes is 1. The highest BCUT2D eigenvalue weighted by Gasteiger charge is 2.16. The van der Waals surface area contributed by atoms with Crippen LogP contribution in [0, 0.1) is 12.7 Å². The van der Waals surface area contributed by atoms with Gasteiger partial charge in [-0.05, 0) is 36.8 Å². The molecule has 3 aromatic rings. The molecule has 21 heavy (non-hydrogen) atoms. The predicted molar refractivity (Wildman–Crippen MR) is 76.9 cm³/mol. The van der Waals surface area contributed by atoms with E-state index in [9.17, 15) is 9.18 Å². The molecule has 3 rings (SSSR count). The van der Waals surface area contributed by atoms with E-state index in [-0.39, 0.29) is 11.5 Å². The molecule has 0 bridgehead atoms. The highest BCUT2D eigenvalue weighted by Crippen LogP contribution is 2.25. The summed E-state index contributed by atoms with van der Waals surface area (Å²) in [6.45, 7) is 1.96. The number of nitrogens with zero attached hydrogens (tertiary/aromatic N) is 3. The van der Waals surface area contributed by atoms with Crippen molar-refractivity contribution in [1.82, 2.24) is 15.0 Å². The Morgan fingerprint density at radius 2 is 1.95 bits per heavy atom. The minimum atomic E-state index is -0.374. The van der Waals surface area contributed by atoms with E-state index < -0.39 is 0 Å². The van der Waals surface area contributed by atoms with Crippen LogP contribution in [0.15, 0.2) is 48.5 Å². The maximum atomic E-state index is 13.5. The Kier molecular flexibility index (Phi) is 3.31. The predicted octanol–water partition coefficient (Wildman–Crippen LogP) is 3.19. The molecule has 5 heteroatoms. The molecule has 0 N–H and O–H groups in total. The van der Waals surface area contributed by atoms with E-state index in [1.165, 1.54) is 12.1 Å². The van der Waals surface area contributed by atoms with Gasteiger partial charge in [-0.25, -0.2) is 9.07 Å². The molecule has 0 aliphatic carbocycles. The third kappa shape index (κ3) is 2.45. The summed E-state index contributed by atoms with van der Waals surface area (Å²) in [5.74, 6) is -0.374. The number of hydrogen-bond donors (Lipinski definition) is 0. The monoisotopic (exact) mass is 281 g/mol. The minimum absolute atomic E-state index is 0.183. The van der Waals surface area contributed by atoms with Crippen LogP contribution in [-0.2, 0) is 0 Å². The van der Waals surface area contributed by atoms with Gasteiger partial charge in [0.05, 0.1) is 5.69 Å². The van der Waals surface area contributed by atoms with Crippen LogP contribution in [-0.4, -0.2) is 21.3 Å². The highest BCUT2D eigenvalue weighted by molar-refractivity contribution is 5.84. The van der Waals surface area contributed by atoms with Gasteiger partial charge in [0.2, 0.25) is 0 Å². The highest BCUT2D eigenvalue weighted by atomic mass is 19.1. The first-order valence-corrected chi connectivity index (χ1v) is 6.43. The molecule has 0 unspecified atom stereocenters. The fourth-order valence-electron chi connectivity index (χ4n) is 2.22. The summed E-state index contributed by atoms with van der Waals surface area (Å²) >= 11 is 0. The zero-order valence-corrected chi connectivity index (χ0v) is 11.3. The number of halogens is 1. The van der Waals surface area contributed by atoms with Crippen LogP contribution in [0.5, 0.6) is 0 Å². The zero-order valence-electron chi connectivity index (χ0n) is 11.3. The smallest absolute Gasteiger partial charge is 0.172 e. The molecule has 0 atom stereocenters. The summed E-state index contributed by atoms with van der Waals surface area (Å²) in [6.07, 6.45) is 0.625. The average Bonchev–Trinajstić information content (AvgIpc) is 2.91. The Morgan fingerprint density at radius 1 is 1.14 bits per heavy atom. The van der Waals surface area contributed by atoms with Crippen molar-refractivity contribution in [2.24, 2.45) is 0 Å². The summed E-state index contributed by atoms with van der Waals surface area (Å²) in [7, 11) is 0. The van der Waals surface area contributed by atoms with E-state index in [4.69, 9.17) is 0 Å². The van der Waals surface area contributed by atoms with E-state index in [1.807, 2.05) is 31.2 Å². The Bertz CT molecular complexity index is 811. The Labute approximate surface area is 120 Å². The van der Waals surface area contributed by atoms with E-state index in [0.717, 1.165) is 11.3 Å². The average molecular weight is 281 g/mol. The van der Waals surface area contributed by atoms with Gasteiger partial charge in [-0.15, -0.1) is 5.10 Å². The number of carbonyl (C=O) groups excluding carboxylic acids is 1. The fourth-order valence-corrected chi connectivity index (χ4v) is 2.22. The molecule has 0 aliphatic heterocycles. The van der Waals surface area contributed by atoms with Crippen molar-refractivity contribution in [3.8, 4) is 16.9 Å². The molecule has 2 aromatic carbocycles. The molecule has 1 aromatic heterocycles. The van der Waals surface area contributed by atoms with E-state index in [2.05, 4.69) is 10.3 Å². The summed E-state index contributed by atoms with van der Waals surface area (Å²) in [5, 5.41) is 7.89. The van der Waals surface area contributed by atoms with Crippen molar-refractivity contribution >= 4 is 6.29 Å². The van der Waals surface area contributed by atoms with Gasteiger partial charge in [0.15, 0.2) is 12.0 Å². The molecule has 0 amide bonds. The van der Waals surface area contributed by atoms with Gasteiger partial charge in [-0.2, -0.15) is 0 Å². The topological polar surface area (TPSA) is 47.8 Å². The van der Waals surface area contributed by atoms with E-state index >= 15 is 0 Å². The Morgan fingerprint density at radius 3 is 2.67 bits per heavy atom. The van der Waals surface area contributed by atoms with Crippen molar-refractivity contribution in [1.29, 1.82) is 0 Å². The molecule has 104 valence electrons. The normalized spacial score (nSPS) is 10.6. The van der Waals surface area contributed by atoms with Crippen LogP contribution >= 0.6 is 0 Å². The van der Waals surface area contributed by atoms with Gasteiger partial charge in [0.1, 0.15) is 11.5 Å².